The van der Waals surface area contributed by atoms with Crippen LogP contribution in [-0.2, 0) is 9.59 Å². The van der Waals surface area contributed by atoms with E-state index in [9.17, 15) is 9.59 Å². The first-order valence-corrected chi connectivity index (χ1v) is 12.1. The molecular weight excluding hydrogens is 460 g/mol. The van der Waals surface area contributed by atoms with Crippen molar-refractivity contribution >= 4 is 40.9 Å². The van der Waals surface area contributed by atoms with Crippen LogP contribution in [0.25, 0.3) is 5.69 Å². The van der Waals surface area contributed by atoms with Gasteiger partial charge in [-0.25, -0.2) is 0 Å². The van der Waals surface area contributed by atoms with Gasteiger partial charge in [-0.05, 0) is 43.2 Å². The predicted octanol–water partition coefficient (Wildman–Crippen LogP) is 3.23. The minimum absolute atomic E-state index is 0.0242. The van der Waals surface area contributed by atoms with Crippen LogP contribution in [0.5, 0.6) is 0 Å². The lowest BCUT2D eigenvalue weighted by Crippen LogP contribution is -2.47. The van der Waals surface area contributed by atoms with Gasteiger partial charge in [0.25, 0.3) is 0 Å². The number of hydrogen-bond acceptors (Lipinski definition) is 6. The van der Waals surface area contributed by atoms with Crippen LogP contribution in [0.2, 0.25) is 5.02 Å². The summed E-state index contributed by atoms with van der Waals surface area (Å²) in [6.45, 7) is 1.89. The summed E-state index contributed by atoms with van der Waals surface area (Å²) in [6, 6.07) is 16.9. The highest BCUT2D eigenvalue weighted by atomic mass is 35.5. The molecule has 0 aliphatic carbocycles. The maximum atomic E-state index is 12.5. The van der Waals surface area contributed by atoms with Crippen molar-refractivity contribution in [2.45, 2.75) is 24.0 Å². The molecule has 3 aromatic rings. The van der Waals surface area contributed by atoms with E-state index in [4.69, 9.17) is 11.6 Å². The van der Waals surface area contributed by atoms with Gasteiger partial charge in [0.15, 0.2) is 5.16 Å². The molecule has 0 saturated carbocycles. The van der Waals surface area contributed by atoms with E-state index in [0.717, 1.165) is 37.3 Å². The summed E-state index contributed by atoms with van der Waals surface area (Å²) < 4.78 is 1.81. The number of carbonyl (C=O) groups excluding carboxylic acids is 2. The minimum Gasteiger partial charge on any atom is -0.353 e. The highest BCUT2D eigenvalue weighted by molar-refractivity contribution is 7.99. The number of nitrogens with zero attached hydrogens (tertiary/aromatic N) is 4. The third-order valence-electron chi connectivity index (χ3n) is 5.31. The molecule has 1 aromatic heterocycles. The smallest absolute Gasteiger partial charge is 0.238 e. The zero-order chi connectivity index (χ0) is 23.0. The maximum Gasteiger partial charge on any atom is 0.238 e. The zero-order valence-electron chi connectivity index (χ0n) is 18.0. The molecule has 2 aromatic carbocycles. The number of rotatable bonds is 8. The number of likely N-dealkylation sites (tertiary alicyclic amines) is 1. The number of halogens is 1. The van der Waals surface area contributed by atoms with Crippen LogP contribution in [0.4, 0.5) is 5.69 Å². The number of anilines is 1. The minimum atomic E-state index is -0.0408. The molecule has 172 valence electrons. The summed E-state index contributed by atoms with van der Waals surface area (Å²) in [6.07, 6.45) is 3.23. The summed E-state index contributed by atoms with van der Waals surface area (Å²) in [5, 5.41) is 15.3. The van der Waals surface area contributed by atoms with E-state index < -0.39 is 0 Å². The molecule has 1 fully saturated rings. The number of nitrogens with one attached hydrogen (secondary N) is 2. The second-order valence-electron chi connectivity index (χ2n) is 7.78. The first-order chi connectivity index (χ1) is 16.1. The number of para-hydroxylation sites is 1. The molecule has 33 heavy (non-hydrogen) atoms. The van der Waals surface area contributed by atoms with Crippen LogP contribution in [-0.4, -0.2) is 62.9 Å². The normalized spacial score (nSPS) is 14.7. The van der Waals surface area contributed by atoms with Crippen LogP contribution in [0, 0.1) is 0 Å². The fourth-order valence-electron chi connectivity index (χ4n) is 3.69. The number of amides is 2. The van der Waals surface area contributed by atoms with Gasteiger partial charge in [0.2, 0.25) is 11.8 Å². The topological polar surface area (TPSA) is 92.2 Å². The van der Waals surface area contributed by atoms with Crippen molar-refractivity contribution in [2.24, 2.45) is 0 Å². The van der Waals surface area contributed by atoms with Gasteiger partial charge in [-0.1, -0.05) is 47.6 Å². The van der Waals surface area contributed by atoms with Gasteiger partial charge in [0.05, 0.1) is 18.0 Å². The van der Waals surface area contributed by atoms with Crippen molar-refractivity contribution in [1.29, 1.82) is 0 Å². The van der Waals surface area contributed by atoms with Crippen LogP contribution in [0.3, 0.4) is 0 Å². The van der Waals surface area contributed by atoms with Gasteiger partial charge in [0.1, 0.15) is 6.33 Å². The number of benzene rings is 2. The van der Waals surface area contributed by atoms with Crippen LogP contribution < -0.4 is 10.6 Å². The summed E-state index contributed by atoms with van der Waals surface area (Å²) in [5.74, 6) is 0.184. The Morgan fingerprint density at radius 1 is 1.06 bits per heavy atom. The Balaban J connectivity index is 1.19. The van der Waals surface area contributed by atoms with E-state index in [1.54, 1.807) is 12.4 Å². The van der Waals surface area contributed by atoms with Crippen molar-refractivity contribution in [3.8, 4) is 5.69 Å². The van der Waals surface area contributed by atoms with Crippen molar-refractivity contribution in [3.05, 3.63) is 65.9 Å². The van der Waals surface area contributed by atoms with Gasteiger partial charge in [0, 0.05) is 29.8 Å². The third kappa shape index (κ3) is 6.80. The van der Waals surface area contributed by atoms with E-state index in [-0.39, 0.29) is 23.6 Å². The Morgan fingerprint density at radius 3 is 2.61 bits per heavy atom. The van der Waals surface area contributed by atoms with Crippen molar-refractivity contribution < 1.29 is 9.59 Å². The summed E-state index contributed by atoms with van der Waals surface area (Å²) >= 11 is 7.41. The van der Waals surface area contributed by atoms with E-state index in [1.165, 1.54) is 11.8 Å². The number of carbonyl (C=O) groups is 2. The van der Waals surface area contributed by atoms with Crippen molar-refractivity contribution in [2.75, 3.05) is 30.7 Å². The molecule has 2 heterocycles. The zero-order valence-corrected chi connectivity index (χ0v) is 19.6. The average Bonchev–Trinajstić information content (AvgIpc) is 3.28. The molecule has 10 heteroatoms. The molecule has 4 rings (SSSR count). The summed E-state index contributed by atoms with van der Waals surface area (Å²) in [4.78, 5) is 26.8. The number of piperidine rings is 1. The molecular formula is C23H25ClN6O2S. The highest BCUT2D eigenvalue weighted by Crippen LogP contribution is 2.21. The van der Waals surface area contributed by atoms with E-state index in [1.807, 2.05) is 53.1 Å². The van der Waals surface area contributed by atoms with Crippen molar-refractivity contribution in [3.63, 3.8) is 0 Å². The largest absolute Gasteiger partial charge is 0.353 e. The molecule has 0 unspecified atom stereocenters. The lowest BCUT2D eigenvalue weighted by Gasteiger charge is -2.31. The van der Waals surface area contributed by atoms with Gasteiger partial charge in [-0.15, -0.1) is 10.2 Å². The molecule has 2 amide bonds. The second kappa shape index (κ2) is 11.3. The predicted molar refractivity (Wildman–Crippen MR) is 130 cm³/mol. The molecule has 2 N–H and O–H groups in total. The van der Waals surface area contributed by atoms with Crippen molar-refractivity contribution in [1.82, 2.24) is 25.0 Å². The Labute approximate surface area is 201 Å². The molecule has 1 aliphatic heterocycles. The van der Waals surface area contributed by atoms with Gasteiger partial charge in [-0.3, -0.25) is 19.1 Å². The number of thioether (sulfide) groups is 1. The highest BCUT2D eigenvalue weighted by Gasteiger charge is 2.22. The summed E-state index contributed by atoms with van der Waals surface area (Å²) in [5.41, 5.74) is 1.65. The molecule has 0 atom stereocenters. The third-order valence-corrected chi connectivity index (χ3v) is 6.49. The Kier molecular flexibility index (Phi) is 7.98. The summed E-state index contributed by atoms with van der Waals surface area (Å²) in [7, 11) is 0. The van der Waals surface area contributed by atoms with Gasteiger partial charge < -0.3 is 10.6 Å². The molecule has 0 radical (unpaired) electrons. The Bertz CT molecular complexity index is 1090. The lowest BCUT2D eigenvalue weighted by molar-refractivity contribution is -0.120. The monoisotopic (exact) mass is 484 g/mol. The lowest BCUT2D eigenvalue weighted by atomic mass is 10.1. The number of aromatic nitrogens is 3. The molecule has 1 saturated heterocycles. The van der Waals surface area contributed by atoms with Gasteiger partial charge in [-0.2, -0.15) is 0 Å². The maximum absolute atomic E-state index is 12.5. The SMILES string of the molecule is O=C(CN1CCC(NC(=O)CSc2nncn2-c2cccc(Cl)c2)CC1)Nc1ccccc1. The second-order valence-corrected chi connectivity index (χ2v) is 9.16. The van der Waals surface area contributed by atoms with Crippen LogP contribution in [0.1, 0.15) is 12.8 Å². The van der Waals surface area contributed by atoms with E-state index in [2.05, 4.69) is 25.7 Å². The van der Waals surface area contributed by atoms with Gasteiger partial charge >= 0.3 is 0 Å². The molecule has 1 aliphatic rings. The fourth-order valence-corrected chi connectivity index (χ4v) is 4.61. The molecule has 8 nitrogen and oxygen atoms in total. The van der Waals surface area contributed by atoms with E-state index in [0.29, 0.717) is 16.7 Å². The molecule has 0 bridgehead atoms. The molecule has 0 spiro atoms. The first-order valence-electron chi connectivity index (χ1n) is 10.7. The van der Waals surface area contributed by atoms with Crippen LogP contribution >= 0.6 is 23.4 Å². The van der Waals surface area contributed by atoms with Crippen LogP contribution in [0.15, 0.2) is 66.1 Å². The Morgan fingerprint density at radius 2 is 1.85 bits per heavy atom. The quantitative estimate of drug-likeness (QED) is 0.477. The standard InChI is InChI=1S/C23H25ClN6O2S/c24-17-5-4-8-20(13-17)30-16-25-28-23(30)33-15-22(32)27-19-9-11-29(12-10-19)14-21(31)26-18-6-2-1-3-7-18/h1-8,13,16,19H,9-12,14-15H2,(H,26,31)(H,27,32). The Hall–Kier alpha value is -2.88. The first kappa shape index (κ1) is 23.3. The number of hydrogen-bond donors (Lipinski definition) is 2. The average molecular weight is 485 g/mol. The van der Waals surface area contributed by atoms with E-state index >= 15 is 0 Å². The fraction of sp³-hybridized carbons (Fsp3) is 0.304.